The maximum absolute atomic E-state index is 11.0. The highest BCUT2D eigenvalue weighted by atomic mass is 16.1. The van der Waals surface area contributed by atoms with Crippen LogP contribution in [0.15, 0.2) is 0 Å². The zero-order valence-corrected chi connectivity index (χ0v) is 7.02. The lowest BCUT2D eigenvalue weighted by molar-refractivity contribution is -0.119. The topological polar surface area (TPSA) is 29.1 Å². The van der Waals surface area contributed by atoms with E-state index in [1.165, 1.54) is 19.3 Å². The number of carbonyl (C=O) groups excluding carboxylic acids is 1. The van der Waals surface area contributed by atoms with Crippen LogP contribution in [0.5, 0.6) is 0 Å². The van der Waals surface area contributed by atoms with Crippen molar-refractivity contribution in [2.24, 2.45) is 11.3 Å². The largest absolute Gasteiger partial charge is 0.356 e. The number of nitrogens with one attached hydrogen (secondary N) is 1. The van der Waals surface area contributed by atoms with Gasteiger partial charge >= 0.3 is 0 Å². The summed E-state index contributed by atoms with van der Waals surface area (Å²) in [5.74, 6) is 1.01. The van der Waals surface area contributed by atoms with E-state index in [0.29, 0.717) is 5.41 Å². The Bertz CT molecular complexity index is 190. The minimum Gasteiger partial charge on any atom is -0.356 e. The second-order valence-corrected chi connectivity index (χ2v) is 4.11. The van der Waals surface area contributed by atoms with Crippen LogP contribution >= 0.6 is 0 Å². The van der Waals surface area contributed by atoms with Gasteiger partial charge in [0.05, 0.1) is 0 Å². The van der Waals surface area contributed by atoms with Gasteiger partial charge in [0.15, 0.2) is 0 Å². The molecule has 1 aliphatic carbocycles. The molecule has 2 aliphatic rings. The first-order valence-electron chi connectivity index (χ1n) is 4.50. The van der Waals surface area contributed by atoms with E-state index in [4.69, 9.17) is 0 Å². The SMILES string of the molecule is C[C@H]1CCC[C@@]12CNC(=O)C2. The quantitative estimate of drug-likeness (QED) is 0.558. The van der Waals surface area contributed by atoms with Crippen LogP contribution in [0.3, 0.4) is 0 Å². The molecule has 2 atom stereocenters. The number of carbonyl (C=O) groups is 1. The highest BCUT2D eigenvalue weighted by Crippen LogP contribution is 2.47. The van der Waals surface area contributed by atoms with Gasteiger partial charge in [-0.05, 0) is 17.8 Å². The summed E-state index contributed by atoms with van der Waals surface area (Å²) in [5.41, 5.74) is 0.358. The Morgan fingerprint density at radius 2 is 2.45 bits per heavy atom. The molecule has 1 spiro atoms. The number of hydrogen-bond acceptors (Lipinski definition) is 1. The van der Waals surface area contributed by atoms with E-state index in [0.717, 1.165) is 18.9 Å². The van der Waals surface area contributed by atoms with E-state index in [1.54, 1.807) is 0 Å². The third-order valence-electron chi connectivity index (χ3n) is 3.51. The van der Waals surface area contributed by atoms with Gasteiger partial charge in [0, 0.05) is 13.0 Å². The van der Waals surface area contributed by atoms with Crippen LogP contribution in [0.1, 0.15) is 32.6 Å². The van der Waals surface area contributed by atoms with Crippen molar-refractivity contribution in [3.63, 3.8) is 0 Å². The van der Waals surface area contributed by atoms with Crippen LogP contribution < -0.4 is 5.32 Å². The van der Waals surface area contributed by atoms with Gasteiger partial charge in [0.2, 0.25) is 5.91 Å². The van der Waals surface area contributed by atoms with Crippen molar-refractivity contribution in [3.8, 4) is 0 Å². The molecule has 1 saturated carbocycles. The first-order chi connectivity index (χ1) is 5.23. The second-order valence-electron chi connectivity index (χ2n) is 4.11. The molecule has 1 aliphatic heterocycles. The van der Waals surface area contributed by atoms with E-state index in [9.17, 15) is 4.79 Å². The van der Waals surface area contributed by atoms with Crippen molar-refractivity contribution >= 4 is 5.91 Å². The maximum atomic E-state index is 11.0. The summed E-state index contributed by atoms with van der Waals surface area (Å²) in [6, 6.07) is 0. The first-order valence-corrected chi connectivity index (χ1v) is 4.50. The van der Waals surface area contributed by atoms with Gasteiger partial charge in [0.1, 0.15) is 0 Å². The minimum absolute atomic E-state index is 0.263. The minimum atomic E-state index is 0.263. The summed E-state index contributed by atoms with van der Waals surface area (Å²) in [6.07, 6.45) is 4.67. The molecule has 0 aromatic carbocycles. The Hall–Kier alpha value is -0.530. The van der Waals surface area contributed by atoms with E-state index in [-0.39, 0.29) is 5.91 Å². The zero-order valence-electron chi connectivity index (χ0n) is 7.02. The van der Waals surface area contributed by atoms with Crippen molar-refractivity contribution < 1.29 is 4.79 Å². The molecule has 1 amide bonds. The monoisotopic (exact) mass is 153 g/mol. The Morgan fingerprint density at radius 1 is 1.64 bits per heavy atom. The van der Waals surface area contributed by atoms with Crippen LogP contribution in [0.25, 0.3) is 0 Å². The van der Waals surface area contributed by atoms with Crippen LogP contribution in [0.2, 0.25) is 0 Å². The van der Waals surface area contributed by atoms with Gasteiger partial charge in [-0.15, -0.1) is 0 Å². The van der Waals surface area contributed by atoms with Crippen molar-refractivity contribution in [1.82, 2.24) is 5.32 Å². The van der Waals surface area contributed by atoms with Crippen LogP contribution in [-0.4, -0.2) is 12.5 Å². The number of rotatable bonds is 0. The molecule has 2 heteroatoms. The standard InChI is InChI=1S/C9H15NO/c1-7-3-2-4-9(7)5-8(11)10-6-9/h7H,2-6H2,1H3,(H,10,11)/t7-,9+/m0/s1. The van der Waals surface area contributed by atoms with E-state index in [2.05, 4.69) is 12.2 Å². The fourth-order valence-corrected chi connectivity index (χ4v) is 2.56. The lowest BCUT2D eigenvalue weighted by Crippen LogP contribution is -2.26. The molecule has 0 radical (unpaired) electrons. The van der Waals surface area contributed by atoms with Gasteiger partial charge in [-0.3, -0.25) is 4.79 Å². The Balaban J connectivity index is 2.16. The first kappa shape index (κ1) is 7.14. The summed E-state index contributed by atoms with van der Waals surface area (Å²) < 4.78 is 0. The molecule has 0 unspecified atom stereocenters. The Labute approximate surface area is 67.4 Å². The fourth-order valence-electron chi connectivity index (χ4n) is 2.56. The predicted molar refractivity (Wildman–Crippen MR) is 43.1 cm³/mol. The molecule has 62 valence electrons. The van der Waals surface area contributed by atoms with Crippen LogP contribution in [-0.2, 0) is 4.79 Å². The fraction of sp³-hybridized carbons (Fsp3) is 0.889. The van der Waals surface area contributed by atoms with Gasteiger partial charge in [-0.2, -0.15) is 0 Å². The van der Waals surface area contributed by atoms with Gasteiger partial charge in [-0.1, -0.05) is 19.8 Å². The molecule has 1 saturated heterocycles. The molecular formula is C9H15NO. The lowest BCUT2D eigenvalue weighted by Gasteiger charge is -2.25. The predicted octanol–water partition coefficient (Wildman–Crippen LogP) is 1.31. The molecule has 11 heavy (non-hydrogen) atoms. The number of amides is 1. The summed E-state index contributed by atoms with van der Waals surface area (Å²) in [6.45, 7) is 3.22. The molecule has 0 aromatic rings. The molecule has 0 bridgehead atoms. The molecule has 1 heterocycles. The van der Waals surface area contributed by atoms with E-state index >= 15 is 0 Å². The summed E-state index contributed by atoms with van der Waals surface area (Å²) in [4.78, 5) is 11.0. The Morgan fingerprint density at radius 3 is 2.91 bits per heavy atom. The lowest BCUT2D eigenvalue weighted by atomic mass is 9.78. The summed E-state index contributed by atoms with van der Waals surface area (Å²) >= 11 is 0. The van der Waals surface area contributed by atoms with Crippen LogP contribution in [0.4, 0.5) is 0 Å². The van der Waals surface area contributed by atoms with Gasteiger partial charge < -0.3 is 5.32 Å². The Kier molecular flexibility index (Phi) is 1.44. The van der Waals surface area contributed by atoms with Crippen molar-refractivity contribution in [2.75, 3.05) is 6.54 Å². The summed E-state index contributed by atoms with van der Waals surface area (Å²) in [7, 11) is 0. The van der Waals surface area contributed by atoms with E-state index < -0.39 is 0 Å². The molecule has 2 rings (SSSR count). The third kappa shape index (κ3) is 0.959. The molecule has 2 nitrogen and oxygen atoms in total. The normalized spacial score (nSPS) is 43.4. The molecule has 2 fully saturated rings. The highest BCUT2D eigenvalue weighted by Gasteiger charge is 2.45. The molecular weight excluding hydrogens is 138 g/mol. The average molecular weight is 153 g/mol. The van der Waals surface area contributed by atoms with Crippen molar-refractivity contribution in [3.05, 3.63) is 0 Å². The van der Waals surface area contributed by atoms with Crippen molar-refractivity contribution in [2.45, 2.75) is 32.6 Å². The zero-order chi connectivity index (χ0) is 7.90. The molecule has 0 aromatic heterocycles. The third-order valence-corrected chi connectivity index (χ3v) is 3.51. The van der Waals surface area contributed by atoms with Gasteiger partial charge in [-0.25, -0.2) is 0 Å². The summed E-state index contributed by atoms with van der Waals surface area (Å²) in [5, 5.41) is 2.94. The number of hydrogen-bond donors (Lipinski definition) is 1. The maximum Gasteiger partial charge on any atom is 0.220 e. The van der Waals surface area contributed by atoms with Crippen molar-refractivity contribution in [1.29, 1.82) is 0 Å². The average Bonchev–Trinajstić information content (AvgIpc) is 2.46. The van der Waals surface area contributed by atoms with Gasteiger partial charge in [0.25, 0.3) is 0 Å². The van der Waals surface area contributed by atoms with Crippen LogP contribution in [0, 0.1) is 11.3 Å². The molecule has 1 N–H and O–H groups in total. The highest BCUT2D eigenvalue weighted by molar-refractivity contribution is 5.79. The smallest absolute Gasteiger partial charge is 0.220 e. The van der Waals surface area contributed by atoms with E-state index in [1.807, 2.05) is 0 Å². The second kappa shape index (κ2) is 2.23.